The average Bonchev–Trinajstić information content (AvgIpc) is 2.66. The number of nitrogens with one attached hydrogen (secondary N) is 1. The summed E-state index contributed by atoms with van der Waals surface area (Å²) in [5.41, 5.74) is 3.38. The number of amides is 1. The molecule has 0 spiro atoms. The molecule has 0 aromatic heterocycles. The maximum atomic E-state index is 13.0. The molecule has 0 unspecified atom stereocenters. The fourth-order valence-electron chi connectivity index (χ4n) is 3.33. The first-order valence-corrected chi connectivity index (χ1v) is 8.83. The number of ether oxygens (including phenoxy) is 2. The molecule has 2 aliphatic rings. The lowest BCUT2D eigenvalue weighted by atomic mass is 10.0. The smallest absolute Gasteiger partial charge is 0.257 e. The number of methoxy groups -OCH3 is 1. The molecule has 1 amide bonds. The largest absolute Gasteiger partial charge is 0.488 e. The summed E-state index contributed by atoms with van der Waals surface area (Å²) in [5.74, 6) is 0.781. The molecule has 0 fully saturated rings. The molecule has 0 bridgehead atoms. The van der Waals surface area contributed by atoms with Gasteiger partial charge in [-0.1, -0.05) is 23.7 Å². The van der Waals surface area contributed by atoms with Gasteiger partial charge in [0.1, 0.15) is 18.5 Å². The molecule has 26 heavy (non-hydrogen) atoms. The Kier molecular flexibility index (Phi) is 4.57. The highest BCUT2D eigenvalue weighted by Gasteiger charge is 2.34. The third-order valence-corrected chi connectivity index (χ3v) is 4.85. The first-order chi connectivity index (χ1) is 12.7. The van der Waals surface area contributed by atoms with Crippen molar-refractivity contribution in [1.29, 1.82) is 0 Å². The fraction of sp³-hybridized carbons (Fsp3) is 0.250. The zero-order valence-corrected chi connectivity index (χ0v) is 15.1. The lowest BCUT2D eigenvalue weighted by molar-refractivity contribution is 0.0634. The maximum Gasteiger partial charge on any atom is 0.257 e. The van der Waals surface area contributed by atoms with Crippen molar-refractivity contribution in [3.63, 3.8) is 0 Å². The second kappa shape index (κ2) is 7.02. The lowest BCUT2D eigenvalue weighted by Gasteiger charge is -2.39. The summed E-state index contributed by atoms with van der Waals surface area (Å²) >= 11 is 6.12. The number of hydrogen-bond acceptors (Lipinski definition) is 4. The Morgan fingerprint density at radius 3 is 3.00 bits per heavy atom. The molecule has 2 heterocycles. The van der Waals surface area contributed by atoms with Gasteiger partial charge in [0.05, 0.1) is 12.2 Å². The van der Waals surface area contributed by atoms with Gasteiger partial charge in [-0.05, 0) is 36.4 Å². The minimum atomic E-state index is -0.292. The van der Waals surface area contributed by atoms with Crippen molar-refractivity contribution in [3.05, 3.63) is 64.2 Å². The quantitative estimate of drug-likeness (QED) is 0.892. The van der Waals surface area contributed by atoms with E-state index in [0.29, 0.717) is 30.3 Å². The maximum absolute atomic E-state index is 13.0. The summed E-state index contributed by atoms with van der Waals surface area (Å²) in [4.78, 5) is 14.8. The van der Waals surface area contributed by atoms with E-state index in [2.05, 4.69) is 5.32 Å². The van der Waals surface area contributed by atoms with E-state index in [4.69, 9.17) is 21.1 Å². The molecule has 0 radical (unpaired) electrons. The van der Waals surface area contributed by atoms with Crippen molar-refractivity contribution >= 4 is 29.3 Å². The van der Waals surface area contributed by atoms with E-state index in [9.17, 15) is 4.79 Å². The monoisotopic (exact) mass is 370 g/mol. The van der Waals surface area contributed by atoms with Crippen LogP contribution in [0.1, 0.15) is 15.9 Å². The minimum Gasteiger partial charge on any atom is -0.488 e. The van der Waals surface area contributed by atoms with E-state index in [1.54, 1.807) is 12.0 Å². The molecule has 0 aliphatic carbocycles. The molecule has 6 heteroatoms. The third-order valence-electron chi connectivity index (χ3n) is 4.62. The second-order valence-electron chi connectivity index (χ2n) is 6.27. The van der Waals surface area contributed by atoms with Gasteiger partial charge >= 0.3 is 0 Å². The number of fused-ring (bicyclic) bond motifs is 2. The number of hydrogen-bond donors (Lipinski definition) is 1. The van der Waals surface area contributed by atoms with Gasteiger partial charge in [0.2, 0.25) is 0 Å². The van der Waals surface area contributed by atoms with E-state index in [1.807, 2.05) is 48.5 Å². The van der Waals surface area contributed by atoms with Crippen molar-refractivity contribution < 1.29 is 14.3 Å². The van der Waals surface area contributed by atoms with E-state index >= 15 is 0 Å². The van der Waals surface area contributed by atoms with E-state index < -0.39 is 0 Å². The van der Waals surface area contributed by atoms with Crippen LogP contribution in [0.4, 0.5) is 5.69 Å². The van der Waals surface area contributed by atoms with Crippen LogP contribution in [0.3, 0.4) is 0 Å². The fourth-order valence-corrected chi connectivity index (χ4v) is 3.51. The van der Waals surface area contributed by atoms with Crippen molar-refractivity contribution in [2.45, 2.75) is 6.17 Å². The Morgan fingerprint density at radius 2 is 2.15 bits per heavy atom. The molecule has 5 nitrogen and oxygen atoms in total. The van der Waals surface area contributed by atoms with Gasteiger partial charge in [0, 0.05) is 35.5 Å². The Bertz CT molecular complexity index is 881. The van der Waals surface area contributed by atoms with Crippen molar-refractivity contribution in [2.75, 3.05) is 32.2 Å². The summed E-state index contributed by atoms with van der Waals surface area (Å²) in [6.45, 7) is 1.36. The van der Waals surface area contributed by atoms with Crippen LogP contribution in [0.2, 0.25) is 5.02 Å². The van der Waals surface area contributed by atoms with E-state index in [1.165, 1.54) is 0 Å². The highest BCUT2D eigenvalue weighted by atomic mass is 35.5. The predicted molar refractivity (Wildman–Crippen MR) is 102 cm³/mol. The van der Waals surface area contributed by atoms with Crippen molar-refractivity contribution in [2.24, 2.45) is 0 Å². The van der Waals surface area contributed by atoms with Gasteiger partial charge in [0.25, 0.3) is 5.91 Å². The molecule has 0 saturated carbocycles. The highest BCUT2D eigenvalue weighted by Crippen LogP contribution is 2.34. The zero-order chi connectivity index (χ0) is 18.1. The van der Waals surface area contributed by atoms with E-state index in [0.717, 1.165) is 22.6 Å². The first-order valence-electron chi connectivity index (χ1n) is 8.45. The highest BCUT2D eigenvalue weighted by molar-refractivity contribution is 6.30. The Morgan fingerprint density at radius 1 is 1.31 bits per heavy atom. The average molecular weight is 371 g/mol. The van der Waals surface area contributed by atoms with Gasteiger partial charge in [-0.3, -0.25) is 4.79 Å². The number of nitrogens with zero attached hydrogens (tertiary/aromatic N) is 1. The van der Waals surface area contributed by atoms with Crippen LogP contribution in [-0.2, 0) is 4.74 Å². The van der Waals surface area contributed by atoms with Crippen LogP contribution in [0.15, 0.2) is 48.0 Å². The number of para-hydroxylation sites is 1. The van der Waals surface area contributed by atoms with Crippen LogP contribution in [-0.4, -0.2) is 43.8 Å². The number of benzene rings is 2. The van der Waals surface area contributed by atoms with Crippen LogP contribution in [0, 0.1) is 0 Å². The van der Waals surface area contributed by atoms with Crippen LogP contribution >= 0.6 is 11.6 Å². The molecule has 4 rings (SSSR count). The number of halogens is 1. The Hall–Kier alpha value is -2.50. The third kappa shape index (κ3) is 3.04. The molecule has 0 saturated heterocycles. The van der Waals surface area contributed by atoms with Gasteiger partial charge in [-0.2, -0.15) is 0 Å². The minimum absolute atomic E-state index is 0.0146. The topological polar surface area (TPSA) is 50.8 Å². The van der Waals surface area contributed by atoms with Gasteiger partial charge in [0.15, 0.2) is 0 Å². The molecule has 134 valence electrons. The molecule has 1 atom stereocenters. The summed E-state index contributed by atoms with van der Waals surface area (Å²) in [5, 5.41) is 4.12. The summed E-state index contributed by atoms with van der Waals surface area (Å²) in [7, 11) is 1.63. The summed E-state index contributed by atoms with van der Waals surface area (Å²) in [6, 6.07) is 13.1. The molecule has 1 N–H and O–H groups in total. The van der Waals surface area contributed by atoms with Gasteiger partial charge in [-0.15, -0.1) is 0 Å². The summed E-state index contributed by atoms with van der Waals surface area (Å²) < 4.78 is 11.1. The number of carbonyl (C=O) groups is 1. The van der Waals surface area contributed by atoms with E-state index in [-0.39, 0.29) is 12.1 Å². The molecule has 2 aliphatic heterocycles. The molecular weight excluding hydrogens is 352 g/mol. The number of carbonyl (C=O) groups excluding carboxylic acids is 1. The van der Waals surface area contributed by atoms with Crippen LogP contribution < -0.4 is 10.1 Å². The summed E-state index contributed by atoms with van der Waals surface area (Å²) in [6.07, 6.45) is 1.75. The zero-order valence-electron chi connectivity index (χ0n) is 14.4. The predicted octanol–water partition coefficient (Wildman–Crippen LogP) is 3.66. The molecule has 2 aromatic carbocycles. The van der Waals surface area contributed by atoms with Gasteiger partial charge in [-0.25, -0.2) is 0 Å². The number of rotatable bonds is 4. The van der Waals surface area contributed by atoms with Crippen LogP contribution in [0.5, 0.6) is 5.75 Å². The Labute approximate surface area is 157 Å². The standard InChI is InChI=1S/C20H19ClN2O3/c1-25-9-8-23-19(22-17-5-3-2-4-16(17)20(23)24)14-10-13-11-15(21)6-7-18(13)26-12-14/h2-7,10-11,19,22H,8-9,12H2,1H3/t19-/m0/s1. The first kappa shape index (κ1) is 16.9. The lowest BCUT2D eigenvalue weighted by Crippen LogP contribution is -2.51. The van der Waals surface area contributed by atoms with Crippen LogP contribution in [0.25, 0.3) is 6.08 Å². The SMILES string of the molecule is COCCN1C(=O)c2ccccc2N[C@@H]1C1=Cc2cc(Cl)ccc2OC1. The van der Waals surface area contributed by atoms with Crippen molar-refractivity contribution in [1.82, 2.24) is 4.90 Å². The van der Waals surface area contributed by atoms with Crippen molar-refractivity contribution in [3.8, 4) is 5.75 Å². The second-order valence-corrected chi connectivity index (χ2v) is 6.71. The normalized spacial score (nSPS) is 18.4. The molecule has 2 aromatic rings. The Balaban J connectivity index is 1.72. The molecular formula is C20H19ClN2O3. The number of anilines is 1. The van der Waals surface area contributed by atoms with Gasteiger partial charge < -0.3 is 19.7 Å².